The molecule has 6 heteroatoms. The summed E-state index contributed by atoms with van der Waals surface area (Å²) in [5.41, 5.74) is 9.06. The van der Waals surface area contributed by atoms with Crippen LogP contribution in [0.15, 0.2) is 18.2 Å². The molecule has 2 nitrogen and oxygen atoms in total. The van der Waals surface area contributed by atoms with Gasteiger partial charge in [0.05, 0.1) is 6.61 Å². The summed E-state index contributed by atoms with van der Waals surface area (Å²) in [5.74, 6) is -0.262. The van der Waals surface area contributed by atoms with Crippen LogP contribution in [0.4, 0.5) is 14.5 Å². The van der Waals surface area contributed by atoms with E-state index in [1.54, 1.807) is 13.0 Å². The fourth-order valence-electron chi connectivity index (χ4n) is 2.83. The number of hydrogen-bond acceptors (Lipinski definition) is 2. The van der Waals surface area contributed by atoms with Gasteiger partial charge in [-0.25, -0.2) is 8.78 Å². The molecular formula is C19H25F2NOP2. The smallest absolute Gasteiger partial charge is 0.137 e. The summed E-state index contributed by atoms with van der Waals surface area (Å²) in [6.45, 7) is 5.74. The number of benzene rings is 2. The van der Waals surface area contributed by atoms with E-state index in [4.69, 9.17) is 10.8 Å². The molecule has 4 atom stereocenters. The van der Waals surface area contributed by atoms with Gasteiger partial charge in [0, 0.05) is 16.6 Å². The van der Waals surface area contributed by atoms with Crippen molar-refractivity contribution in [1.29, 1.82) is 0 Å². The molecule has 3 rings (SSSR count). The van der Waals surface area contributed by atoms with E-state index in [9.17, 15) is 8.78 Å². The Bertz CT molecular complexity index is 766. The second kappa shape index (κ2) is 8.08. The van der Waals surface area contributed by atoms with E-state index in [1.165, 1.54) is 0 Å². The molecule has 0 heterocycles. The largest absolute Gasteiger partial charge is 0.399 e. The predicted molar refractivity (Wildman–Crippen MR) is 108 cm³/mol. The Hall–Kier alpha value is -1.08. The van der Waals surface area contributed by atoms with Gasteiger partial charge in [0.1, 0.15) is 11.6 Å². The van der Waals surface area contributed by atoms with Gasteiger partial charge in [0.25, 0.3) is 0 Å². The van der Waals surface area contributed by atoms with Crippen molar-refractivity contribution in [2.24, 2.45) is 5.92 Å². The number of aliphatic hydroxyl groups excluding tert-OH is 1. The van der Waals surface area contributed by atoms with Crippen molar-refractivity contribution in [3.8, 4) is 0 Å². The monoisotopic (exact) mass is 383 g/mol. The average molecular weight is 383 g/mol. The fraction of sp³-hybridized carbons (Fsp3) is 0.368. The summed E-state index contributed by atoms with van der Waals surface area (Å²) in [5, 5.41) is 9.87. The SMILES string of the molecule is Cc1c(F)c(C2CC2C)c(F)c(P)c1P.Cc1cc(N)ccc1CO. The zero-order valence-corrected chi connectivity index (χ0v) is 17.0. The molecule has 1 saturated carbocycles. The maximum absolute atomic E-state index is 13.9. The molecule has 3 N–H and O–H groups in total. The van der Waals surface area contributed by atoms with E-state index in [2.05, 4.69) is 18.5 Å². The van der Waals surface area contributed by atoms with Gasteiger partial charge in [-0.3, -0.25) is 0 Å². The van der Waals surface area contributed by atoms with Crippen molar-refractivity contribution in [2.45, 2.75) is 39.7 Å². The highest BCUT2D eigenvalue weighted by Crippen LogP contribution is 2.48. The van der Waals surface area contributed by atoms with Crippen LogP contribution in [0.1, 0.15) is 41.5 Å². The first kappa shape index (κ1) is 20.2. The minimum absolute atomic E-state index is 0.0774. The number of aryl methyl sites for hydroxylation is 1. The lowest BCUT2D eigenvalue weighted by molar-refractivity contribution is 0.281. The van der Waals surface area contributed by atoms with Gasteiger partial charge >= 0.3 is 0 Å². The number of rotatable bonds is 2. The third-order valence-electron chi connectivity index (χ3n) is 4.75. The van der Waals surface area contributed by atoms with Gasteiger partial charge in [-0.05, 0) is 66.2 Å². The third-order valence-corrected chi connectivity index (χ3v) is 6.39. The summed E-state index contributed by atoms with van der Waals surface area (Å²) < 4.78 is 27.8. The van der Waals surface area contributed by atoms with Crippen LogP contribution >= 0.6 is 18.5 Å². The molecule has 0 saturated heterocycles. The van der Waals surface area contributed by atoms with E-state index in [-0.39, 0.29) is 29.7 Å². The lowest BCUT2D eigenvalue weighted by Crippen LogP contribution is -2.23. The van der Waals surface area contributed by atoms with Gasteiger partial charge in [-0.15, -0.1) is 18.5 Å². The van der Waals surface area contributed by atoms with Crippen molar-refractivity contribution < 1.29 is 13.9 Å². The normalized spacial score (nSPS) is 18.6. The molecule has 2 aromatic rings. The lowest BCUT2D eigenvalue weighted by atomic mass is 10.0. The summed E-state index contributed by atoms with van der Waals surface area (Å²) in [7, 11) is 4.75. The molecule has 0 bridgehead atoms. The average Bonchev–Trinajstić information content (AvgIpc) is 3.28. The fourth-order valence-corrected chi connectivity index (χ4v) is 3.45. The molecule has 0 aliphatic heterocycles. The number of nitrogen functional groups attached to an aromatic ring is 1. The first-order chi connectivity index (χ1) is 11.7. The molecule has 0 aromatic heterocycles. The van der Waals surface area contributed by atoms with Crippen molar-refractivity contribution in [1.82, 2.24) is 0 Å². The van der Waals surface area contributed by atoms with Crippen molar-refractivity contribution >= 4 is 34.8 Å². The van der Waals surface area contributed by atoms with Crippen LogP contribution in [0.3, 0.4) is 0 Å². The molecule has 0 radical (unpaired) electrons. The van der Waals surface area contributed by atoms with Crippen molar-refractivity contribution in [3.05, 3.63) is 52.1 Å². The van der Waals surface area contributed by atoms with Crippen LogP contribution in [0.25, 0.3) is 0 Å². The van der Waals surface area contributed by atoms with Gasteiger partial charge in [-0.1, -0.05) is 13.0 Å². The van der Waals surface area contributed by atoms with E-state index in [0.29, 0.717) is 22.1 Å². The van der Waals surface area contributed by atoms with Crippen LogP contribution in [-0.2, 0) is 6.61 Å². The lowest BCUT2D eigenvalue weighted by Gasteiger charge is -2.12. The Morgan fingerprint density at radius 1 is 1.16 bits per heavy atom. The summed E-state index contributed by atoms with van der Waals surface area (Å²) >= 11 is 0. The van der Waals surface area contributed by atoms with Crippen LogP contribution < -0.4 is 16.3 Å². The van der Waals surface area contributed by atoms with Gasteiger partial charge < -0.3 is 10.8 Å². The first-order valence-electron chi connectivity index (χ1n) is 8.17. The molecule has 1 aliphatic carbocycles. The van der Waals surface area contributed by atoms with Gasteiger partial charge in [0.15, 0.2) is 0 Å². The molecule has 4 unspecified atom stereocenters. The number of anilines is 1. The van der Waals surface area contributed by atoms with Crippen molar-refractivity contribution in [3.63, 3.8) is 0 Å². The van der Waals surface area contributed by atoms with E-state index < -0.39 is 0 Å². The van der Waals surface area contributed by atoms with Gasteiger partial charge in [-0.2, -0.15) is 0 Å². The molecule has 1 aliphatic rings. The van der Waals surface area contributed by atoms with Crippen LogP contribution in [0, 0.1) is 31.4 Å². The Kier molecular flexibility index (Phi) is 6.54. The molecular weight excluding hydrogens is 358 g/mol. The second-order valence-electron chi connectivity index (χ2n) is 6.66. The highest BCUT2D eigenvalue weighted by molar-refractivity contribution is 7.36. The summed E-state index contributed by atoms with van der Waals surface area (Å²) in [4.78, 5) is 0. The van der Waals surface area contributed by atoms with E-state index in [0.717, 1.165) is 23.2 Å². The topological polar surface area (TPSA) is 46.2 Å². The first-order valence-corrected chi connectivity index (χ1v) is 9.32. The Labute approximate surface area is 152 Å². The summed E-state index contributed by atoms with van der Waals surface area (Å²) in [6, 6.07) is 5.48. The maximum atomic E-state index is 13.9. The predicted octanol–water partition coefficient (Wildman–Crippen LogP) is 3.47. The van der Waals surface area contributed by atoms with Crippen molar-refractivity contribution in [2.75, 3.05) is 5.73 Å². The minimum Gasteiger partial charge on any atom is -0.399 e. The van der Waals surface area contributed by atoms with E-state index >= 15 is 0 Å². The van der Waals surface area contributed by atoms with Crippen LogP contribution in [0.2, 0.25) is 0 Å². The third kappa shape index (κ3) is 4.37. The van der Waals surface area contributed by atoms with Crippen LogP contribution in [0.5, 0.6) is 0 Å². The minimum atomic E-state index is -0.387. The maximum Gasteiger partial charge on any atom is 0.137 e. The molecule has 2 aromatic carbocycles. The molecule has 0 spiro atoms. The highest BCUT2D eigenvalue weighted by atomic mass is 31.0. The zero-order valence-electron chi connectivity index (χ0n) is 14.7. The number of nitrogens with two attached hydrogens (primary N) is 1. The molecule has 0 amide bonds. The Morgan fingerprint density at radius 2 is 1.76 bits per heavy atom. The molecule has 1 fully saturated rings. The summed E-state index contributed by atoms with van der Waals surface area (Å²) in [6.07, 6.45) is 0.896. The number of aliphatic hydroxyl groups is 1. The highest BCUT2D eigenvalue weighted by Gasteiger charge is 2.39. The Balaban J connectivity index is 0.000000196. The van der Waals surface area contributed by atoms with Crippen LogP contribution in [-0.4, -0.2) is 5.11 Å². The second-order valence-corrected chi connectivity index (χ2v) is 7.81. The number of halogens is 2. The van der Waals surface area contributed by atoms with E-state index in [1.807, 2.05) is 26.0 Å². The standard InChI is InChI=1S/C11H14F2P2.C8H11NO/c1-4-3-6(4)7-8(12)5(2)10(14)11(15)9(7)13;1-6-4-8(9)3-2-7(6)5-10/h4,6H,3,14-15H2,1-2H3;2-4,10H,5,9H2,1H3. The number of hydrogen-bond donors (Lipinski definition) is 2. The zero-order chi connectivity index (χ0) is 18.9. The molecule has 25 heavy (non-hydrogen) atoms. The van der Waals surface area contributed by atoms with Gasteiger partial charge in [0.2, 0.25) is 0 Å². The Morgan fingerprint density at radius 3 is 2.24 bits per heavy atom. The molecule has 136 valence electrons. The quantitative estimate of drug-likeness (QED) is 0.616.